The zero-order chi connectivity index (χ0) is 10.7. The molecule has 1 heterocycles. The van der Waals surface area contributed by atoms with Crippen LogP contribution in [-0.2, 0) is 6.54 Å². The van der Waals surface area contributed by atoms with E-state index in [1.165, 1.54) is 17.6 Å². The third-order valence-electron chi connectivity index (χ3n) is 1.80. The van der Waals surface area contributed by atoms with Gasteiger partial charge in [-0.1, -0.05) is 4.49 Å². The number of hydrogen-bond acceptors (Lipinski definition) is 4. The Bertz CT molecular complexity index is 445. The summed E-state index contributed by atoms with van der Waals surface area (Å²) in [5, 5.41) is 8.51. The Kier molecular flexibility index (Phi) is 2.86. The van der Waals surface area contributed by atoms with E-state index in [0.29, 0.717) is 12.2 Å². The van der Waals surface area contributed by atoms with E-state index in [0.717, 1.165) is 17.8 Å². The molecule has 6 heteroatoms. The van der Waals surface area contributed by atoms with Gasteiger partial charge in [0.15, 0.2) is 11.6 Å². The number of aromatic nitrogens is 2. The first-order valence-electron chi connectivity index (χ1n) is 4.20. The minimum absolute atomic E-state index is 0.446. The molecule has 3 nitrogen and oxygen atoms in total. The standard InChI is InChI=1S/C9H7F2N3S/c10-8-2-1-6(3-9(8)11)12-4-7-5-15-14-13-7/h1-3,5,12H,4H2. The largest absolute Gasteiger partial charge is 0.379 e. The number of hydrogen-bond donors (Lipinski definition) is 1. The van der Waals surface area contributed by atoms with Gasteiger partial charge in [0.2, 0.25) is 0 Å². The maximum Gasteiger partial charge on any atom is 0.160 e. The van der Waals surface area contributed by atoms with Gasteiger partial charge in [0.05, 0.1) is 12.2 Å². The quantitative estimate of drug-likeness (QED) is 0.875. The third kappa shape index (κ3) is 2.47. The SMILES string of the molecule is Fc1ccc(NCc2csnn2)cc1F. The molecule has 15 heavy (non-hydrogen) atoms. The zero-order valence-corrected chi connectivity index (χ0v) is 8.39. The van der Waals surface area contributed by atoms with Crippen LogP contribution in [0.25, 0.3) is 0 Å². The van der Waals surface area contributed by atoms with Crippen LogP contribution in [0.15, 0.2) is 23.6 Å². The molecule has 1 aromatic heterocycles. The van der Waals surface area contributed by atoms with E-state index in [4.69, 9.17) is 0 Å². The molecule has 0 fully saturated rings. The molecule has 1 N–H and O–H groups in total. The van der Waals surface area contributed by atoms with Gasteiger partial charge in [0.1, 0.15) is 0 Å². The van der Waals surface area contributed by atoms with Crippen molar-refractivity contribution in [3.05, 3.63) is 40.9 Å². The lowest BCUT2D eigenvalue weighted by Gasteiger charge is -2.03. The Balaban J connectivity index is 2.02. The van der Waals surface area contributed by atoms with Crippen LogP contribution in [0.2, 0.25) is 0 Å². The Morgan fingerprint density at radius 3 is 2.80 bits per heavy atom. The Morgan fingerprint density at radius 2 is 2.13 bits per heavy atom. The summed E-state index contributed by atoms with van der Waals surface area (Å²) < 4.78 is 29.1. The van der Waals surface area contributed by atoms with Crippen LogP contribution < -0.4 is 5.32 Å². The number of benzene rings is 1. The van der Waals surface area contributed by atoms with Crippen molar-refractivity contribution in [3.8, 4) is 0 Å². The van der Waals surface area contributed by atoms with Crippen LogP contribution >= 0.6 is 11.5 Å². The van der Waals surface area contributed by atoms with Crippen molar-refractivity contribution in [3.63, 3.8) is 0 Å². The summed E-state index contributed by atoms with van der Waals surface area (Å²) in [4.78, 5) is 0. The fraction of sp³-hybridized carbons (Fsp3) is 0.111. The molecule has 0 saturated heterocycles. The first-order valence-corrected chi connectivity index (χ1v) is 5.04. The highest BCUT2D eigenvalue weighted by Gasteiger charge is 2.02. The van der Waals surface area contributed by atoms with Gasteiger partial charge >= 0.3 is 0 Å². The second-order valence-corrected chi connectivity index (χ2v) is 3.49. The minimum atomic E-state index is -0.864. The molecule has 0 saturated carbocycles. The van der Waals surface area contributed by atoms with Crippen molar-refractivity contribution in [2.45, 2.75) is 6.54 Å². The predicted octanol–water partition coefficient (Wildman–Crippen LogP) is 2.43. The van der Waals surface area contributed by atoms with E-state index in [1.54, 1.807) is 5.38 Å². The smallest absolute Gasteiger partial charge is 0.160 e. The summed E-state index contributed by atoms with van der Waals surface area (Å²) in [5.41, 5.74) is 1.28. The van der Waals surface area contributed by atoms with Crippen LogP contribution in [0.4, 0.5) is 14.5 Å². The lowest BCUT2D eigenvalue weighted by Crippen LogP contribution is -2.00. The Labute approximate surface area is 88.9 Å². The van der Waals surface area contributed by atoms with Crippen molar-refractivity contribution in [1.82, 2.24) is 9.59 Å². The molecule has 2 rings (SSSR count). The van der Waals surface area contributed by atoms with Gasteiger partial charge in [-0.05, 0) is 23.7 Å². The fourth-order valence-electron chi connectivity index (χ4n) is 1.06. The van der Waals surface area contributed by atoms with E-state index in [2.05, 4.69) is 14.9 Å². The minimum Gasteiger partial charge on any atom is -0.379 e. The number of nitrogens with zero attached hydrogens (tertiary/aromatic N) is 2. The molecule has 0 atom stereocenters. The van der Waals surface area contributed by atoms with Gasteiger partial charge in [-0.15, -0.1) is 5.10 Å². The molecule has 1 aromatic carbocycles. The molecule has 0 aliphatic heterocycles. The van der Waals surface area contributed by atoms with E-state index < -0.39 is 11.6 Å². The first kappa shape index (κ1) is 9.97. The van der Waals surface area contributed by atoms with E-state index >= 15 is 0 Å². The Hall–Kier alpha value is -1.56. The molecular weight excluding hydrogens is 220 g/mol. The molecule has 0 unspecified atom stereocenters. The van der Waals surface area contributed by atoms with Crippen molar-refractivity contribution in [2.75, 3.05) is 5.32 Å². The normalized spacial score (nSPS) is 10.3. The van der Waals surface area contributed by atoms with Crippen LogP contribution in [0.5, 0.6) is 0 Å². The van der Waals surface area contributed by atoms with Gasteiger partial charge in [-0.25, -0.2) is 8.78 Å². The first-order chi connectivity index (χ1) is 7.25. The second-order valence-electron chi connectivity index (χ2n) is 2.88. The zero-order valence-electron chi connectivity index (χ0n) is 7.58. The second kappa shape index (κ2) is 4.31. The average molecular weight is 227 g/mol. The van der Waals surface area contributed by atoms with Gasteiger partial charge < -0.3 is 5.32 Å². The van der Waals surface area contributed by atoms with Crippen molar-refractivity contribution in [1.29, 1.82) is 0 Å². The van der Waals surface area contributed by atoms with Crippen LogP contribution in [0.1, 0.15) is 5.69 Å². The van der Waals surface area contributed by atoms with Crippen LogP contribution in [-0.4, -0.2) is 9.59 Å². The van der Waals surface area contributed by atoms with Crippen molar-refractivity contribution in [2.24, 2.45) is 0 Å². The van der Waals surface area contributed by atoms with Crippen molar-refractivity contribution >= 4 is 17.2 Å². The van der Waals surface area contributed by atoms with Gasteiger partial charge in [0.25, 0.3) is 0 Å². The molecule has 78 valence electrons. The maximum atomic E-state index is 12.8. The summed E-state index contributed by atoms with van der Waals surface area (Å²) in [6, 6.07) is 3.66. The lowest BCUT2D eigenvalue weighted by atomic mass is 10.3. The molecule has 0 bridgehead atoms. The Morgan fingerprint density at radius 1 is 1.27 bits per heavy atom. The number of halogens is 2. The monoisotopic (exact) mass is 227 g/mol. The molecular formula is C9H7F2N3S. The van der Waals surface area contributed by atoms with E-state index in [1.807, 2.05) is 0 Å². The third-order valence-corrected chi connectivity index (χ3v) is 2.35. The van der Waals surface area contributed by atoms with Crippen LogP contribution in [0.3, 0.4) is 0 Å². The molecule has 0 aliphatic rings. The van der Waals surface area contributed by atoms with Gasteiger partial charge in [-0.3, -0.25) is 0 Å². The summed E-state index contributed by atoms with van der Waals surface area (Å²) in [7, 11) is 0. The van der Waals surface area contributed by atoms with Crippen molar-refractivity contribution < 1.29 is 8.78 Å². The lowest BCUT2D eigenvalue weighted by molar-refractivity contribution is 0.509. The summed E-state index contributed by atoms with van der Waals surface area (Å²) in [6.45, 7) is 0.446. The highest BCUT2D eigenvalue weighted by molar-refractivity contribution is 7.03. The predicted molar refractivity (Wildman–Crippen MR) is 53.6 cm³/mol. The summed E-state index contributed by atoms with van der Waals surface area (Å²) in [6.07, 6.45) is 0. The number of rotatable bonds is 3. The van der Waals surface area contributed by atoms with Gasteiger partial charge in [0, 0.05) is 17.1 Å². The van der Waals surface area contributed by atoms with Gasteiger partial charge in [-0.2, -0.15) is 0 Å². The molecule has 0 radical (unpaired) electrons. The average Bonchev–Trinajstić information content (AvgIpc) is 2.73. The highest BCUT2D eigenvalue weighted by Crippen LogP contribution is 2.13. The highest BCUT2D eigenvalue weighted by atomic mass is 32.1. The summed E-state index contributed by atoms with van der Waals surface area (Å²) >= 11 is 1.25. The van der Waals surface area contributed by atoms with E-state index in [-0.39, 0.29) is 0 Å². The molecule has 2 aromatic rings. The topological polar surface area (TPSA) is 37.8 Å². The molecule has 0 amide bonds. The fourth-order valence-corrected chi connectivity index (χ4v) is 1.51. The molecule has 0 spiro atoms. The van der Waals surface area contributed by atoms with E-state index in [9.17, 15) is 8.78 Å². The molecule has 0 aliphatic carbocycles. The number of anilines is 1. The number of nitrogens with one attached hydrogen (secondary N) is 1. The summed E-state index contributed by atoms with van der Waals surface area (Å²) in [5.74, 6) is -1.72. The maximum absolute atomic E-state index is 12.8. The van der Waals surface area contributed by atoms with Crippen LogP contribution in [0, 0.1) is 11.6 Å².